The van der Waals surface area contributed by atoms with Gasteiger partial charge in [0.15, 0.2) is 5.75 Å². The first kappa shape index (κ1) is 14.7. The highest BCUT2D eigenvalue weighted by molar-refractivity contribution is 7.90. The van der Waals surface area contributed by atoms with Crippen LogP contribution in [-0.2, 0) is 19.6 Å². The van der Waals surface area contributed by atoms with Crippen molar-refractivity contribution >= 4 is 16.0 Å². The average molecular weight is 290 g/mol. The minimum Gasteiger partial charge on any atom is -0.465 e. The summed E-state index contributed by atoms with van der Waals surface area (Å²) in [7, 11) is -3.59. The second kappa shape index (κ2) is 5.76. The van der Waals surface area contributed by atoms with Gasteiger partial charge in [0.25, 0.3) is 0 Å². The molecule has 1 atom stereocenters. The van der Waals surface area contributed by atoms with Gasteiger partial charge in [0, 0.05) is 11.6 Å². The van der Waals surface area contributed by atoms with Crippen LogP contribution in [0, 0.1) is 0 Å². The number of hydrogen-bond acceptors (Lipinski definition) is 5. The SMILES string of the molecule is CCOC(=O)CS(=O)(=O)NC1CCNC2(CCC2)C1. The summed E-state index contributed by atoms with van der Waals surface area (Å²) in [5.41, 5.74) is 0.134. The predicted octanol–water partition coefficient (Wildman–Crippen LogP) is 0.144. The molecule has 2 N–H and O–H groups in total. The van der Waals surface area contributed by atoms with Gasteiger partial charge < -0.3 is 10.1 Å². The minimum absolute atomic E-state index is 0.0685. The van der Waals surface area contributed by atoms with Crippen LogP contribution in [0.2, 0.25) is 0 Å². The fraction of sp³-hybridized carbons (Fsp3) is 0.917. The summed E-state index contributed by atoms with van der Waals surface area (Å²) in [4.78, 5) is 11.2. The summed E-state index contributed by atoms with van der Waals surface area (Å²) in [6, 6.07) is -0.0685. The van der Waals surface area contributed by atoms with Crippen LogP contribution in [0.4, 0.5) is 0 Å². The monoisotopic (exact) mass is 290 g/mol. The van der Waals surface area contributed by atoms with Crippen molar-refractivity contribution in [2.45, 2.75) is 50.6 Å². The number of ether oxygens (including phenoxy) is 1. The van der Waals surface area contributed by atoms with Crippen LogP contribution in [0.15, 0.2) is 0 Å². The van der Waals surface area contributed by atoms with Crippen LogP contribution in [0.25, 0.3) is 0 Å². The topological polar surface area (TPSA) is 84.5 Å². The third-order valence-corrected chi connectivity index (χ3v) is 5.21. The molecule has 7 heteroatoms. The van der Waals surface area contributed by atoms with Gasteiger partial charge >= 0.3 is 5.97 Å². The highest BCUT2D eigenvalue weighted by Gasteiger charge is 2.41. The Bertz CT molecular complexity index is 431. The maximum absolute atomic E-state index is 11.9. The maximum Gasteiger partial charge on any atom is 0.322 e. The van der Waals surface area contributed by atoms with E-state index < -0.39 is 21.7 Å². The van der Waals surface area contributed by atoms with Crippen LogP contribution in [0.1, 0.15) is 39.0 Å². The summed E-state index contributed by atoms with van der Waals surface area (Å²) >= 11 is 0. The zero-order valence-electron chi connectivity index (χ0n) is 11.3. The Hall–Kier alpha value is -0.660. The van der Waals surface area contributed by atoms with E-state index in [4.69, 9.17) is 0 Å². The highest BCUT2D eigenvalue weighted by Crippen LogP contribution is 2.38. The van der Waals surface area contributed by atoms with Gasteiger partial charge in [-0.25, -0.2) is 13.1 Å². The zero-order chi connectivity index (χ0) is 13.9. The first-order valence-electron chi connectivity index (χ1n) is 6.85. The molecule has 0 radical (unpaired) electrons. The number of carbonyl (C=O) groups is 1. The van der Waals surface area contributed by atoms with Crippen molar-refractivity contribution in [3.8, 4) is 0 Å². The van der Waals surface area contributed by atoms with Crippen molar-refractivity contribution < 1.29 is 17.9 Å². The molecule has 2 fully saturated rings. The molecule has 1 saturated carbocycles. The fourth-order valence-corrected chi connectivity index (χ4v) is 4.08. The molecule has 1 saturated heterocycles. The van der Waals surface area contributed by atoms with E-state index in [9.17, 15) is 13.2 Å². The average Bonchev–Trinajstić information content (AvgIpc) is 2.26. The quantitative estimate of drug-likeness (QED) is 0.704. The molecule has 0 bridgehead atoms. The standard InChI is InChI=1S/C12H22N2O4S/c1-2-18-11(15)9-19(16,17)14-10-4-7-13-12(8-10)5-3-6-12/h10,13-14H,2-9H2,1H3. The van der Waals surface area contributed by atoms with Crippen LogP contribution < -0.4 is 10.0 Å². The lowest BCUT2D eigenvalue weighted by atomic mass is 9.70. The largest absolute Gasteiger partial charge is 0.465 e. The Morgan fingerprint density at radius 3 is 2.79 bits per heavy atom. The number of carbonyl (C=O) groups excluding carboxylic acids is 1. The molecule has 6 nitrogen and oxygen atoms in total. The number of piperidine rings is 1. The van der Waals surface area contributed by atoms with E-state index in [1.165, 1.54) is 6.42 Å². The Balaban J connectivity index is 1.87. The van der Waals surface area contributed by atoms with Gasteiger partial charge in [-0.3, -0.25) is 4.79 Å². The molecule has 1 aliphatic heterocycles. The van der Waals surface area contributed by atoms with Gasteiger partial charge in [-0.15, -0.1) is 0 Å². The lowest BCUT2D eigenvalue weighted by molar-refractivity contribution is -0.139. The summed E-state index contributed by atoms with van der Waals surface area (Å²) in [6.07, 6.45) is 5.01. The number of rotatable bonds is 5. The zero-order valence-corrected chi connectivity index (χ0v) is 12.1. The molecule has 110 valence electrons. The fourth-order valence-electron chi connectivity index (χ4n) is 2.90. The van der Waals surface area contributed by atoms with E-state index in [0.29, 0.717) is 0 Å². The summed E-state index contributed by atoms with van der Waals surface area (Å²) < 4.78 is 31.0. The number of sulfonamides is 1. The van der Waals surface area contributed by atoms with Crippen molar-refractivity contribution in [1.29, 1.82) is 0 Å². The van der Waals surface area contributed by atoms with E-state index in [0.717, 1.165) is 32.2 Å². The smallest absolute Gasteiger partial charge is 0.322 e. The molecule has 2 aliphatic rings. The highest BCUT2D eigenvalue weighted by atomic mass is 32.2. The van der Waals surface area contributed by atoms with E-state index in [2.05, 4.69) is 14.8 Å². The molecule has 1 spiro atoms. The Labute approximate surface area is 114 Å². The van der Waals surface area contributed by atoms with Gasteiger partial charge in [0.05, 0.1) is 6.61 Å². The normalized spacial score (nSPS) is 25.8. The van der Waals surface area contributed by atoms with Crippen molar-refractivity contribution in [3.05, 3.63) is 0 Å². The summed E-state index contributed by atoms with van der Waals surface area (Å²) in [5.74, 6) is -1.28. The van der Waals surface area contributed by atoms with Gasteiger partial charge in [-0.05, 0) is 45.6 Å². The Morgan fingerprint density at radius 1 is 1.47 bits per heavy atom. The van der Waals surface area contributed by atoms with Crippen molar-refractivity contribution in [3.63, 3.8) is 0 Å². The molecule has 1 heterocycles. The second-order valence-electron chi connectivity index (χ2n) is 5.43. The lowest BCUT2D eigenvalue weighted by Crippen LogP contribution is -2.59. The number of nitrogens with one attached hydrogen (secondary N) is 2. The lowest BCUT2D eigenvalue weighted by Gasteiger charge is -2.48. The Morgan fingerprint density at radius 2 is 2.21 bits per heavy atom. The summed E-state index contributed by atoms with van der Waals surface area (Å²) in [6.45, 7) is 2.68. The van der Waals surface area contributed by atoms with Crippen molar-refractivity contribution in [1.82, 2.24) is 10.0 Å². The van der Waals surface area contributed by atoms with Gasteiger partial charge in [0.1, 0.15) is 0 Å². The van der Waals surface area contributed by atoms with Crippen LogP contribution in [0.5, 0.6) is 0 Å². The Kier molecular flexibility index (Phi) is 4.47. The van der Waals surface area contributed by atoms with Gasteiger partial charge in [-0.2, -0.15) is 0 Å². The molecular weight excluding hydrogens is 268 g/mol. The minimum atomic E-state index is -3.59. The maximum atomic E-state index is 11.9. The molecule has 0 amide bonds. The third kappa shape index (κ3) is 3.90. The predicted molar refractivity (Wildman–Crippen MR) is 71.2 cm³/mol. The molecule has 1 aliphatic carbocycles. The van der Waals surface area contributed by atoms with Crippen molar-refractivity contribution in [2.75, 3.05) is 18.9 Å². The van der Waals surface area contributed by atoms with Crippen LogP contribution >= 0.6 is 0 Å². The molecule has 0 aromatic rings. The van der Waals surface area contributed by atoms with Crippen LogP contribution in [0.3, 0.4) is 0 Å². The molecule has 0 aromatic heterocycles. The number of hydrogen-bond donors (Lipinski definition) is 2. The van der Waals surface area contributed by atoms with Gasteiger partial charge in [0.2, 0.25) is 10.0 Å². The molecule has 0 aromatic carbocycles. The number of esters is 1. The van der Waals surface area contributed by atoms with E-state index in [-0.39, 0.29) is 18.2 Å². The van der Waals surface area contributed by atoms with Crippen LogP contribution in [-0.4, -0.2) is 44.9 Å². The molecular formula is C12H22N2O4S. The molecule has 1 unspecified atom stereocenters. The van der Waals surface area contributed by atoms with E-state index in [1.807, 2.05) is 0 Å². The molecule has 2 rings (SSSR count). The van der Waals surface area contributed by atoms with Crippen molar-refractivity contribution in [2.24, 2.45) is 0 Å². The molecule has 19 heavy (non-hydrogen) atoms. The first-order valence-corrected chi connectivity index (χ1v) is 8.51. The first-order chi connectivity index (χ1) is 8.95. The summed E-state index contributed by atoms with van der Waals surface area (Å²) in [5, 5.41) is 3.48. The van der Waals surface area contributed by atoms with E-state index in [1.54, 1.807) is 6.92 Å². The van der Waals surface area contributed by atoms with E-state index >= 15 is 0 Å². The third-order valence-electron chi connectivity index (χ3n) is 3.90. The second-order valence-corrected chi connectivity index (χ2v) is 7.19. The van der Waals surface area contributed by atoms with Gasteiger partial charge in [-0.1, -0.05) is 0 Å².